The summed E-state index contributed by atoms with van der Waals surface area (Å²) in [4.78, 5) is 0. The number of hydrogen-bond donors (Lipinski definition) is 2. The Labute approximate surface area is 104 Å². The maximum absolute atomic E-state index is 12.7. The van der Waals surface area contributed by atoms with E-state index in [4.69, 9.17) is 4.74 Å². The van der Waals surface area contributed by atoms with Crippen molar-refractivity contribution in [2.75, 3.05) is 25.6 Å². The van der Waals surface area contributed by atoms with E-state index in [1.165, 1.54) is 20.1 Å². The SMILES string of the molecule is COCC(O)CNc1ccc(C)c(C(F)(F)F)c1. The summed E-state index contributed by atoms with van der Waals surface area (Å²) in [5.74, 6) is 0. The highest BCUT2D eigenvalue weighted by Crippen LogP contribution is 2.33. The van der Waals surface area contributed by atoms with Gasteiger partial charge in [0.05, 0.1) is 18.3 Å². The molecule has 0 aliphatic carbocycles. The van der Waals surface area contributed by atoms with Crippen molar-refractivity contribution in [2.24, 2.45) is 0 Å². The van der Waals surface area contributed by atoms with Crippen LogP contribution in [0.2, 0.25) is 0 Å². The maximum atomic E-state index is 12.7. The van der Waals surface area contributed by atoms with Crippen LogP contribution in [0.3, 0.4) is 0 Å². The molecule has 1 unspecified atom stereocenters. The molecule has 1 atom stereocenters. The summed E-state index contributed by atoms with van der Waals surface area (Å²) in [7, 11) is 1.44. The number of halogens is 3. The van der Waals surface area contributed by atoms with E-state index >= 15 is 0 Å². The van der Waals surface area contributed by atoms with Crippen molar-refractivity contribution in [1.82, 2.24) is 0 Å². The van der Waals surface area contributed by atoms with E-state index in [1.807, 2.05) is 0 Å². The number of aryl methyl sites for hydroxylation is 1. The molecule has 0 amide bonds. The molecule has 1 aromatic rings. The number of anilines is 1. The predicted molar refractivity (Wildman–Crippen MR) is 62.6 cm³/mol. The monoisotopic (exact) mass is 263 g/mol. The molecular weight excluding hydrogens is 247 g/mol. The fourth-order valence-corrected chi connectivity index (χ4v) is 1.52. The van der Waals surface area contributed by atoms with Crippen LogP contribution in [0.1, 0.15) is 11.1 Å². The summed E-state index contributed by atoms with van der Waals surface area (Å²) >= 11 is 0. The first-order valence-corrected chi connectivity index (χ1v) is 5.43. The first-order chi connectivity index (χ1) is 8.34. The van der Waals surface area contributed by atoms with E-state index in [9.17, 15) is 18.3 Å². The highest BCUT2D eigenvalue weighted by Gasteiger charge is 2.32. The lowest BCUT2D eigenvalue weighted by molar-refractivity contribution is -0.138. The Balaban J connectivity index is 2.74. The Morgan fingerprint density at radius 3 is 2.61 bits per heavy atom. The standard InChI is InChI=1S/C12H16F3NO2/c1-8-3-4-9(5-11(8)12(13,14)15)16-6-10(17)7-18-2/h3-5,10,16-17H,6-7H2,1-2H3. The number of hydrogen-bond acceptors (Lipinski definition) is 3. The average Bonchev–Trinajstić information content (AvgIpc) is 2.27. The topological polar surface area (TPSA) is 41.5 Å². The predicted octanol–water partition coefficient (Wildman–Crippen LogP) is 2.43. The molecule has 0 heterocycles. The summed E-state index contributed by atoms with van der Waals surface area (Å²) in [6.07, 6.45) is -5.13. The van der Waals surface area contributed by atoms with Crippen molar-refractivity contribution in [2.45, 2.75) is 19.2 Å². The molecule has 2 N–H and O–H groups in total. The number of alkyl halides is 3. The van der Waals surface area contributed by atoms with Gasteiger partial charge >= 0.3 is 6.18 Å². The summed E-state index contributed by atoms with van der Waals surface area (Å²) in [5, 5.41) is 12.1. The zero-order valence-electron chi connectivity index (χ0n) is 10.2. The Hall–Kier alpha value is -1.27. The van der Waals surface area contributed by atoms with Crippen LogP contribution in [0.15, 0.2) is 18.2 Å². The molecule has 1 rings (SSSR count). The lowest BCUT2D eigenvalue weighted by Gasteiger charge is -2.15. The summed E-state index contributed by atoms with van der Waals surface area (Å²) < 4.78 is 42.7. The zero-order chi connectivity index (χ0) is 13.8. The lowest BCUT2D eigenvalue weighted by Crippen LogP contribution is -2.24. The van der Waals surface area contributed by atoms with Crippen LogP contribution in [0.5, 0.6) is 0 Å². The fraction of sp³-hybridized carbons (Fsp3) is 0.500. The molecular formula is C12H16F3NO2. The number of aliphatic hydroxyl groups is 1. The second-order valence-corrected chi connectivity index (χ2v) is 4.02. The largest absolute Gasteiger partial charge is 0.416 e. The van der Waals surface area contributed by atoms with Gasteiger partial charge in [0.2, 0.25) is 0 Å². The minimum Gasteiger partial charge on any atom is -0.389 e. The lowest BCUT2D eigenvalue weighted by atomic mass is 10.1. The Bertz CT molecular complexity index is 393. The van der Waals surface area contributed by atoms with E-state index in [2.05, 4.69) is 5.32 Å². The van der Waals surface area contributed by atoms with Crippen LogP contribution in [-0.4, -0.2) is 31.5 Å². The fourth-order valence-electron chi connectivity index (χ4n) is 1.52. The van der Waals surface area contributed by atoms with Crippen molar-refractivity contribution in [3.63, 3.8) is 0 Å². The molecule has 0 saturated carbocycles. The van der Waals surface area contributed by atoms with Gasteiger partial charge in [-0.05, 0) is 24.6 Å². The Morgan fingerprint density at radius 2 is 2.06 bits per heavy atom. The second-order valence-electron chi connectivity index (χ2n) is 4.02. The van der Waals surface area contributed by atoms with Crippen LogP contribution < -0.4 is 5.32 Å². The van der Waals surface area contributed by atoms with Gasteiger partial charge in [-0.25, -0.2) is 0 Å². The average molecular weight is 263 g/mol. The van der Waals surface area contributed by atoms with Crippen LogP contribution in [0.25, 0.3) is 0 Å². The number of ether oxygens (including phenoxy) is 1. The van der Waals surface area contributed by atoms with E-state index in [1.54, 1.807) is 6.07 Å². The normalized spacial score (nSPS) is 13.4. The van der Waals surface area contributed by atoms with E-state index in [0.717, 1.165) is 6.07 Å². The molecule has 3 nitrogen and oxygen atoms in total. The van der Waals surface area contributed by atoms with Crippen molar-refractivity contribution in [3.8, 4) is 0 Å². The van der Waals surface area contributed by atoms with Crippen LogP contribution in [-0.2, 0) is 10.9 Å². The van der Waals surface area contributed by atoms with Gasteiger partial charge in [0.15, 0.2) is 0 Å². The molecule has 0 fully saturated rings. The molecule has 0 saturated heterocycles. The van der Waals surface area contributed by atoms with Crippen molar-refractivity contribution < 1.29 is 23.0 Å². The third kappa shape index (κ3) is 4.19. The highest BCUT2D eigenvalue weighted by atomic mass is 19.4. The van der Waals surface area contributed by atoms with Crippen LogP contribution in [0, 0.1) is 6.92 Å². The molecule has 0 aliphatic rings. The van der Waals surface area contributed by atoms with Gasteiger partial charge in [-0.3, -0.25) is 0 Å². The number of aliphatic hydroxyl groups excluding tert-OH is 1. The molecule has 1 aromatic carbocycles. The first-order valence-electron chi connectivity index (χ1n) is 5.43. The minimum atomic E-state index is -4.37. The molecule has 18 heavy (non-hydrogen) atoms. The number of nitrogens with one attached hydrogen (secondary N) is 1. The Kier molecular flexibility index (Phi) is 4.98. The van der Waals surface area contributed by atoms with Crippen molar-refractivity contribution in [1.29, 1.82) is 0 Å². The van der Waals surface area contributed by atoms with Gasteiger partial charge in [-0.1, -0.05) is 6.07 Å². The number of benzene rings is 1. The zero-order valence-corrected chi connectivity index (χ0v) is 10.2. The molecule has 102 valence electrons. The van der Waals surface area contributed by atoms with Gasteiger partial charge in [-0.2, -0.15) is 13.2 Å². The third-order valence-electron chi connectivity index (χ3n) is 2.44. The second kappa shape index (κ2) is 6.06. The molecule has 6 heteroatoms. The van der Waals surface area contributed by atoms with Gasteiger partial charge < -0.3 is 15.2 Å². The summed E-state index contributed by atoms with van der Waals surface area (Å²) in [5.41, 5.74) is -0.178. The molecule has 0 spiro atoms. The molecule has 0 aliphatic heterocycles. The number of rotatable bonds is 5. The molecule has 0 aromatic heterocycles. The third-order valence-corrected chi connectivity index (χ3v) is 2.44. The minimum absolute atomic E-state index is 0.130. The van der Waals surface area contributed by atoms with Crippen molar-refractivity contribution in [3.05, 3.63) is 29.3 Å². The van der Waals surface area contributed by atoms with Gasteiger partial charge in [-0.15, -0.1) is 0 Å². The van der Waals surface area contributed by atoms with Crippen molar-refractivity contribution >= 4 is 5.69 Å². The smallest absolute Gasteiger partial charge is 0.389 e. The summed E-state index contributed by atoms with van der Waals surface area (Å²) in [6, 6.07) is 3.98. The molecule has 0 radical (unpaired) electrons. The van der Waals surface area contributed by atoms with Gasteiger partial charge in [0.1, 0.15) is 0 Å². The van der Waals surface area contributed by atoms with Gasteiger partial charge in [0.25, 0.3) is 0 Å². The molecule has 0 bridgehead atoms. The van der Waals surface area contributed by atoms with E-state index in [-0.39, 0.29) is 18.7 Å². The van der Waals surface area contributed by atoms with Crippen LogP contribution >= 0.6 is 0 Å². The first kappa shape index (κ1) is 14.8. The maximum Gasteiger partial charge on any atom is 0.416 e. The van der Waals surface area contributed by atoms with E-state index < -0.39 is 17.8 Å². The summed E-state index contributed by atoms with van der Waals surface area (Å²) in [6.45, 7) is 1.67. The Morgan fingerprint density at radius 1 is 1.39 bits per heavy atom. The highest BCUT2D eigenvalue weighted by molar-refractivity contribution is 5.49. The van der Waals surface area contributed by atoms with Crippen LogP contribution in [0.4, 0.5) is 18.9 Å². The van der Waals surface area contributed by atoms with E-state index in [0.29, 0.717) is 5.69 Å². The van der Waals surface area contributed by atoms with Gasteiger partial charge in [0, 0.05) is 19.3 Å². The quantitative estimate of drug-likeness (QED) is 0.857. The number of methoxy groups -OCH3 is 1.